The normalized spacial score (nSPS) is 11.3. The van der Waals surface area contributed by atoms with Crippen LogP contribution in [0.2, 0.25) is 5.02 Å². The summed E-state index contributed by atoms with van der Waals surface area (Å²) in [4.78, 5) is -0.660. The van der Waals surface area contributed by atoms with Crippen LogP contribution in [0.1, 0.15) is 0 Å². The van der Waals surface area contributed by atoms with E-state index in [4.69, 9.17) is 17.3 Å². The zero-order valence-electron chi connectivity index (χ0n) is 9.90. The number of nitrogens with one attached hydrogen (secondary N) is 1. The second kappa shape index (κ2) is 5.26. The Balaban J connectivity index is 2.43. The number of anilines is 2. The van der Waals surface area contributed by atoms with E-state index in [1.807, 2.05) is 4.72 Å². The first kappa shape index (κ1) is 14.5. The van der Waals surface area contributed by atoms with Crippen LogP contribution in [-0.4, -0.2) is 8.42 Å². The van der Waals surface area contributed by atoms with E-state index < -0.39 is 26.6 Å². The van der Waals surface area contributed by atoms with Gasteiger partial charge < -0.3 is 5.73 Å². The lowest BCUT2D eigenvalue weighted by Gasteiger charge is -2.10. The van der Waals surface area contributed by atoms with Crippen LogP contribution in [0, 0.1) is 11.6 Å². The maximum Gasteiger partial charge on any atom is 0.264 e. The molecule has 4 nitrogen and oxygen atoms in total. The van der Waals surface area contributed by atoms with Crippen molar-refractivity contribution in [3.63, 3.8) is 0 Å². The molecule has 3 N–H and O–H groups in total. The Morgan fingerprint density at radius 1 is 1.05 bits per heavy atom. The summed E-state index contributed by atoms with van der Waals surface area (Å²) in [7, 11) is -4.29. The lowest BCUT2D eigenvalue weighted by molar-refractivity contribution is 0.569. The summed E-state index contributed by atoms with van der Waals surface area (Å²) in [6.45, 7) is 0. The second-order valence-corrected chi connectivity index (χ2v) is 6.01. The van der Waals surface area contributed by atoms with E-state index in [1.165, 1.54) is 12.1 Å². The standard InChI is InChI=1S/C12H9ClF2N2O2S/c13-7-1-4-11(10(15)5-7)17-20(18,19)12-6-8(16)2-3-9(12)14/h1-6,17H,16H2. The number of sulfonamides is 1. The van der Waals surface area contributed by atoms with E-state index in [1.54, 1.807) is 0 Å². The number of benzene rings is 2. The fourth-order valence-corrected chi connectivity index (χ4v) is 2.84. The topological polar surface area (TPSA) is 72.2 Å². The largest absolute Gasteiger partial charge is 0.399 e. The second-order valence-electron chi connectivity index (χ2n) is 3.92. The molecule has 20 heavy (non-hydrogen) atoms. The number of halogens is 3. The summed E-state index contributed by atoms with van der Waals surface area (Å²) in [5, 5.41) is 0.112. The monoisotopic (exact) mass is 318 g/mol. The Morgan fingerprint density at radius 3 is 2.40 bits per heavy atom. The van der Waals surface area contributed by atoms with Gasteiger partial charge in [-0.3, -0.25) is 4.72 Å². The van der Waals surface area contributed by atoms with Gasteiger partial charge in [0.15, 0.2) is 0 Å². The molecule has 0 aromatic heterocycles. The number of nitrogens with two attached hydrogens (primary N) is 1. The Morgan fingerprint density at radius 2 is 1.75 bits per heavy atom. The molecule has 2 aromatic carbocycles. The molecule has 106 valence electrons. The van der Waals surface area contributed by atoms with Crippen molar-refractivity contribution in [1.29, 1.82) is 0 Å². The van der Waals surface area contributed by atoms with Gasteiger partial charge in [-0.25, -0.2) is 17.2 Å². The minimum absolute atomic E-state index is 0.0725. The highest BCUT2D eigenvalue weighted by Crippen LogP contribution is 2.24. The van der Waals surface area contributed by atoms with Crippen LogP contribution in [0.5, 0.6) is 0 Å². The van der Waals surface area contributed by atoms with Gasteiger partial charge in [-0.2, -0.15) is 0 Å². The Labute approximate surface area is 119 Å². The van der Waals surface area contributed by atoms with Crippen LogP contribution in [0.25, 0.3) is 0 Å². The number of hydrogen-bond donors (Lipinski definition) is 2. The quantitative estimate of drug-likeness (QED) is 0.854. The van der Waals surface area contributed by atoms with Gasteiger partial charge in [-0.15, -0.1) is 0 Å². The maximum absolute atomic E-state index is 13.5. The molecule has 2 aromatic rings. The van der Waals surface area contributed by atoms with E-state index in [-0.39, 0.29) is 16.4 Å². The van der Waals surface area contributed by atoms with Gasteiger partial charge >= 0.3 is 0 Å². The predicted molar refractivity (Wildman–Crippen MR) is 73.0 cm³/mol. The van der Waals surface area contributed by atoms with E-state index in [2.05, 4.69) is 0 Å². The van der Waals surface area contributed by atoms with Gasteiger partial charge in [0, 0.05) is 10.7 Å². The van der Waals surface area contributed by atoms with Gasteiger partial charge in [0.25, 0.3) is 10.0 Å². The van der Waals surface area contributed by atoms with Crippen molar-refractivity contribution in [2.45, 2.75) is 4.90 Å². The molecule has 0 heterocycles. The van der Waals surface area contributed by atoms with Crippen molar-refractivity contribution in [2.75, 3.05) is 10.5 Å². The summed E-state index contributed by atoms with van der Waals surface area (Å²) >= 11 is 5.56. The lowest BCUT2D eigenvalue weighted by Crippen LogP contribution is -2.15. The molecule has 0 saturated carbocycles. The summed E-state index contributed by atoms with van der Waals surface area (Å²) in [6, 6.07) is 6.47. The van der Waals surface area contributed by atoms with Crippen molar-refractivity contribution in [2.24, 2.45) is 0 Å². The van der Waals surface area contributed by atoms with Crippen LogP contribution >= 0.6 is 11.6 Å². The van der Waals surface area contributed by atoms with Gasteiger partial charge in [0.2, 0.25) is 0 Å². The van der Waals surface area contributed by atoms with E-state index in [9.17, 15) is 17.2 Å². The van der Waals surface area contributed by atoms with E-state index >= 15 is 0 Å². The minimum Gasteiger partial charge on any atom is -0.399 e. The summed E-state index contributed by atoms with van der Waals surface area (Å²) in [5.41, 5.74) is 5.15. The molecule has 0 aliphatic rings. The van der Waals surface area contributed by atoms with Crippen molar-refractivity contribution in [3.05, 3.63) is 53.1 Å². The van der Waals surface area contributed by atoms with Gasteiger partial charge in [-0.05, 0) is 36.4 Å². The molecule has 0 aliphatic carbocycles. The van der Waals surface area contributed by atoms with Crippen molar-refractivity contribution >= 4 is 33.0 Å². The number of rotatable bonds is 3. The molecule has 0 radical (unpaired) electrons. The van der Waals surface area contributed by atoms with Crippen molar-refractivity contribution in [1.82, 2.24) is 0 Å². The van der Waals surface area contributed by atoms with Gasteiger partial charge in [-0.1, -0.05) is 11.6 Å². The van der Waals surface area contributed by atoms with Crippen LogP contribution in [0.4, 0.5) is 20.2 Å². The molecular weight excluding hydrogens is 310 g/mol. The first-order valence-electron chi connectivity index (χ1n) is 5.32. The van der Waals surface area contributed by atoms with Gasteiger partial charge in [0.1, 0.15) is 16.5 Å². The molecule has 2 rings (SSSR count). The molecule has 0 atom stereocenters. The van der Waals surface area contributed by atoms with Crippen LogP contribution < -0.4 is 10.5 Å². The third-order valence-electron chi connectivity index (χ3n) is 2.42. The summed E-state index contributed by atoms with van der Waals surface area (Å²) in [5.74, 6) is -1.86. The number of nitrogen functional groups attached to an aromatic ring is 1. The first-order chi connectivity index (χ1) is 9.29. The smallest absolute Gasteiger partial charge is 0.264 e. The van der Waals surface area contributed by atoms with Crippen LogP contribution in [-0.2, 0) is 10.0 Å². The predicted octanol–water partition coefficient (Wildman–Crippen LogP) is 3.00. The Bertz CT molecular complexity index is 766. The molecule has 8 heteroatoms. The van der Waals surface area contributed by atoms with Gasteiger partial charge in [0.05, 0.1) is 5.69 Å². The maximum atomic E-state index is 13.5. The molecule has 0 saturated heterocycles. The molecule has 0 bridgehead atoms. The van der Waals surface area contributed by atoms with E-state index in [0.717, 1.165) is 24.3 Å². The minimum atomic E-state index is -4.29. The third-order valence-corrected chi connectivity index (χ3v) is 4.04. The fraction of sp³-hybridized carbons (Fsp3) is 0. The highest BCUT2D eigenvalue weighted by Gasteiger charge is 2.21. The Hall–Kier alpha value is -1.86. The van der Waals surface area contributed by atoms with Crippen LogP contribution in [0.3, 0.4) is 0 Å². The summed E-state index contributed by atoms with van der Waals surface area (Å²) < 4.78 is 53.0. The molecule has 0 amide bonds. The molecule has 0 unspecified atom stereocenters. The highest BCUT2D eigenvalue weighted by molar-refractivity contribution is 7.92. The lowest BCUT2D eigenvalue weighted by atomic mass is 10.3. The summed E-state index contributed by atoms with van der Waals surface area (Å²) in [6.07, 6.45) is 0. The molecule has 0 spiro atoms. The molecular formula is C12H9ClF2N2O2S. The molecule has 0 fully saturated rings. The van der Waals surface area contributed by atoms with E-state index in [0.29, 0.717) is 0 Å². The third kappa shape index (κ3) is 3.00. The van der Waals surface area contributed by atoms with Crippen LogP contribution in [0.15, 0.2) is 41.3 Å². The fourth-order valence-electron chi connectivity index (χ4n) is 1.50. The first-order valence-corrected chi connectivity index (χ1v) is 7.18. The Kier molecular flexibility index (Phi) is 3.82. The average molecular weight is 319 g/mol. The zero-order chi connectivity index (χ0) is 14.9. The molecule has 0 aliphatic heterocycles. The average Bonchev–Trinajstić information content (AvgIpc) is 2.35. The zero-order valence-corrected chi connectivity index (χ0v) is 11.5. The SMILES string of the molecule is Nc1ccc(F)c(S(=O)(=O)Nc2ccc(Cl)cc2F)c1. The van der Waals surface area contributed by atoms with Crippen molar-refractivity contribution in [3.8, 4) is 0 Å². The number of hydrogen-bond acceptors (Lipinski definition) is 3. The van der Waals surface area contributed by atoms with Crippen molar-refractivity contribution < 1.29 is 17.2 Å². The highest BCUT2D eigenvalue weighted by atomic mass is 35.5.